The number of hydrogen-bond donors (Lipinski definition) is 0. The molecule has 0 unspecified atom stereocenters. The van der Waals surface area contributed by atoms with Gasteiger partial charge in [-0.15, -0.1) is 0 Å². The molecule has 1 aliphatic rings. The highest BCUT2D eigenvalue weighted by Gasteiger charge is 2.34. The quantitative estimate of drug-likeness (QED) is 0.311. The topological polar surface area (TPSA) is 9.23 Å². The minimum absolute atomic E-state index is 0.315. The van der Waals surface area contributed by atoms with Crippen molar-refractivity contribution in [3.05, 3.63) is 97.3 Å². The lowest BCUT2D eigenvalue weighted by Gasteiger charge is -2.35. The molecule has 0 atom stereocenters. The Morgan fingerprint density at radius 2 is 1.38 bits per heavy atom. The van der Waals surface area contributed by atoms with E-state index in [1.165, 1.54) is 22.3 Å². The fraction of sp³-hybridized carbons (Fsp3) is 0.231. The van der Waals surface area contributed by atoms with Gasteiger partial charge >= 0.3 is 0 Å². The molecular formula is C26H26FOS+. The van der Waals surface area contributed by atoms with Crippen LogP contribution in [0, 0.1) is 5.82 Å². The van der Waals surface area contributed by atoms with Crippen LogP contribution in [0.4, 0.5) is 4.39 Å². The van der Waals surface area contributed by atoms with E-state index in [2.05, 4.69) is 30.8 Å². The third-order valence-electron chi connectivity index (χ3n) is 5.48. The number of halogens is 1. The van der Waals surface area contributed by atoms with E-state index in [9.17, 15) is 4.39 Å². The molecule has 0 radical (unpaired) electrons. The predicted molar refractivity (Wildman–Crippen MR) is 118 cm³/mol. The van der Waals surface area contributed by atoms with Crippen LogP contribution in [0.5, 0.6) is 5.75 Å². The molecule has 4 rings (SSSR count). The van der Waals surface area contributed by atoms with E-state index in [4.69, 9.17) is 4.74 Å². The summed E-state index contributed by atoms with van der Waals surface area (Å²) in [6.45, 7) is 3.99. The van der Waals surface area contributed by atoms with Gasteiger partial charge in [0.15, 0.2) is 26.3 Å². The minimum Gasteiger partial charge on any atom is -0.480 e. The standard InChI is InChI=1S/C26H26FOS/c1-2-26(18-10-5-11-19-26)28-25-20-23(16-17-24(25)27)29(21-12-6-3-7-13-21)22-14-8-4-9-15-22/h2-4,6-9,12-17,20H,1,5,10-11,18-19H2/q+1. The SMILES string of the molecule is C=CC1(Oc2cc([S+](c3ccccc3)c3ccccc3)ccc2F)CCCCC1. The molecule has 0 spiro atoms. The average Bonchev–Trinajstić information content (AvgIpc) is 2.78. The summed E-state index contributed by atoms with van der Waals surface area (Å²) in [4.78, 5) is 3.45. The van der Waals surface area contributed by atoms with E-state index in [-0.39, 0.29) is 16.7 Å². The highest BCUT2D eigenvalue weighted by molar-refractivity contribution is 7.97. The lowest BCUT2D eigenvalue weighted by atomic mass is 9.84. The molecular weight excluding hydrogens is 379 g/mol. The maximum Gasteiger partial charge on any atom is 0.170 e. The average molecular weight is 406 g/mol. The van der Waals surface area contributed by atoms with Crippen LogP contribution in [0.1, 0.15) is 32.1 Å². The van der Waals surface area contributed by atoms with E-state index in [1.54, 1.807) is 0 Å². The van der Waals surface area contributed by atoms with E-state index in [0.29, 0.717) is 5.75 Å². The normalized spacial score (nSPS) is 15.8. The van der Waals surface area contributed by atoms with Gasteiger partial charge in [-0.25, -0.2) is 4.39 Å². The van der Waals surface area contributed by atoms with Gasteiger partial charge in [0, 0.05) is 6.07 Å². The molecule has 3 aromatic carbocycles. The van der Waals surface area contributed by atoms with Gasteiger partial charge in [-0.2, -0.15) is 0 Å². The zero-order valence-corrected chi connectivity index (χ0v) is 17.3. The molecule has 0 bridgehead atoms. The summed E-state index contributed by atoms with van der Waals surface area (Å²) in [6.07, 6.45) is 7.03. The van der Waals surface area contributed by atoms with Gasteiger partial charge in [-0.05, 0) is 68.2 Å². The number of ether oxygens (including phenoxy) is 1. The molecule has 0 saturated heterocycles. The van der Waals surface area contributed by atoms with Gasteiger partial charge in [0.05, 0.1) is 10.9 Å². The van der Waals surface area contributed by atoms with Gasteiger partial charge in [-0.1, -0.05) is 49.4 Å². The van der Waals surface area contributed by atoms with Gasteiger partial charge in [0.1, 0.15) is 5.60 Å². The summed E-state index contributed by atoms with van der Waals surface area (Å²) < 4.78 is 21.0. The molecule has 0 aliphatic heterocycles. The van der Waals surface area contributed by atoms with E-state index >= 15 is 0 Å². The van der Waals surface area contributed by atoms with Gasteiger partial charge in [0.25, 0.3) is 0 Å². The molecule has 1 nitrogen and oxygen atoms in total. The maximum absolute atomic E-state index is 14.7. The summed E-state index contributed by atoms with van der Waals surface area (Å²) in [7, 11) is -0.328. The van der Waals surface area contributed by atoms with Crippen LogP contribution in [0.3, 0.4) is 0 Å². The highest BCUT2D eigenvalue weighted by atomic mass is 32.2. The Kier molecular flexibility index (Phi) is 6.05. The Morgan fingerprint density at radius 1 is 0.793 bits per heavy atom. The summed E-state index contributed by atoms with van der Waals surface area (Å²) in [5.41, 5.74) is -0.462. The summed E-state index contributed by atoms with van der Waals surface area (Å²) >= 11 is 0. The fourth-order valence-corrected chi connectivity index (χ4v) is 6.03. The number of benzene rings is 3. The van der Waals surface area contributed by atoms with Crippen LogP contribution in [0.15, 0.2) is 106 Å². The first-order chi connectivity index (χ1) is 14.2. The summed E-state index contributed by atoms with van der Waals surface area (Å²) in [5.74, 6) is 0.0129. The van der Waals surface area contributed by atoms with E-state index in [1.807, 2.05) is 54.6 Å². The summed E-state index contributed by atoms with van der Waals surface area (Å²) in [6, 6.07) is 26.1. The molecule has 1 fully saturated rings. The highest BCUT2D eigenvalue weighted by Crippen LogP contribution is 2.38. The Bertz CT molecular complexity index is 909. The first-order valence-electron chi connectivity index (χ1n) is 10.2. The smallest absolute Gasteiger partial charge is 0.170 e. The van der Waals surface area contributed by atoms with Crippen LogP contribution in [-0.2, 0) is 10.9 Å². The van der Waals surface area contributed by atoms with Crippen molar-refractivity contribution in [1.82, 2.24) is 0 Å². The third kappa shape index (κ3) is 4.40. The van der Waals surface area contributed by atoms with Crippen LogP contribution >= 0.6 is 0 Å². The molecule has 0 aromatic heterocycles. The molecule has 29 heavy (non-hydrogen) atoms. The lowest BCUT2D eigenvalue weighted by molar-refractivity contribution is 0.0730. The second kappa shape index (κ2) is 8.87. The van der Waals surface area contributed by atoms with Crippen molar-refractivity contribution in [2.45, 2.75) is 52.4 Å². The van der Waals surface area contributed by atoms with Gasteiger partial charge < -0.3 is 4.74 Å². The van der Waals surface area contributed by atoms with Crippen molar-refractivity contribution in [3.8, 4) is 5.75 Å². The zero-order chi connectivity index (χ0) is 20.1. The second-order valence-electron chi connectivity index (χ2n) is 7.46. The Morgan fingerprint density at radius 3 is 1.93 bits per heavy atom. The van der Waals surface area contributed by atoms with Crippen molar-refractivity contribution >= 4 is 10.9 Å². The van der Waals surface area contributed by atoms with Crippen LogP contribution < -0.4 is 4.74 Å². The zero-order valence-electron chi connectivity index (χ0n) is 16.5. The lowest BCUT2D eigenvalue weighted by Crippen LogP contribution is -2.36. The minimum atomic E-state index is -0.462. The molecule has 3 heteroatoms. The van der Waals surface area contributed by atoms with Crippen molar-refractivity contribution in [3.63, 3.8) is 0 Å². The van der Waals surface area contributed by atoms with Gasteiger partial charge in [0.2, 0.25) is 0 Å². The van der Waals surface area contributed by atoms with Crippen LogP contribution in [-0.4, -0.2) is 5.60 Å². The molecule has 1 aliphatic carbocycles. The fourth-order valence-electron chi connectivity index (χ4n) is 3.93. The van der Waals surface area contributed by atoms with Crippen LogP contribution in [0.25, 0.3) is 0 Å². The molecule has 148 valence electrons. The van der Waals surface area contributed by atoms with E-state index < -0.39 is 5.60 Å². The van der Waals surface area contributed by atoms with E-state index in [0.717, 1.165) is 30.6 Å². The molecule has 0 N–H and O–H groups in total. The monoisotopic (exact) mass is 405 g/mol. The van der Waals surface area contributed by atoms with Gasteiger partial charge in [-0.3, -0.25) is 0 Å². The molecule has 1 saturated carbocycles. The Hall–Kier alpha value is -2.52. The number of rotatable bonds is 6. The largest absolute Gasteiger partial charge is 0.480 e. The molecule has 0 heterocycles. The predicted octanol–water partition coefficient (Wildman–Crippen LogP) is 7.19. The van der Waals surface area contributed by atoms with Crippen molar-refractivity contribution < 1.29 is 9.13 Å². The first kappa shape index (κ1) is 19.8. The van der Waals surface area contributed by atoms with Crippen molar-refractivity contribution in [2.24, 2.45) is 0 Å². The third-order valence-corrected chi connectivity index (χ3v) is 7.69. The maximum atomic E-state index is 14.7. The Labute approximate surface area is 175 Å². The molecule has 0 amide bonds. The Balaban J connectivity index is 1.75. The summed E-state index contributed by atoms with van der Waals surface area (Å²) in [5, 5.41) is 0. The van der Waals surface area contributed by atoms with Crippen molar-refractivity contribution in [1.29, 1.82) is 0 Å². The first-order valence-corrected chi connectivity index (χ1v) is 11.4. The second-order valence-corrected chi connectivity index (χ2v) is 9.48. The van der Waals surface area contributed by atoms with Crippen LogP contribution in [0.2, 0.25) is 0 Å². The molecule has 3 aromatic rings. The van der Waals surface area contributed by atoms with Crippen molar-refractivity contribution in [2.75, 3.05) is 0 Å². The number of hydrogen-bond acceptors (Lipinski definition) is 1.